The van der Waals surface area contributed by atoms with Crippen LogP contribution in [0.15, 0.2) is 22.8 Å². The van der Waals surface area contributed by atoms with Crippen molar-refractivity contribution >= 4 is 0 Å². The van der Waals surface area contributed by atoms with Crippen LogP contribution in [-0.2, 0) is 4.74 Å². The fourth-order valence-corrected chi connectivity index (χ4v) is 3.16. The van der Waals surface area contributed by atoms with Crippen LogP contribution in [0.5, 0.6) is 0 Å². The van der Waals surface area contributed by atoms with Gasteiger partial charge in [0.25, 0.3) is 0 Å². The summed E-state index contributed by atoms with van der Waals surface area (Å²) in [6.07, 6.45) is 4.09. The summed E-state index contributed by atoms with van der Waals surface area (Å²) in [5.41, 5.74) is 0. The number of rotatable bonds is 3. The van der Waals surface area contributed by atoms with Crippen LogP contribution in [0.25, 0.3) is 0 Å². The topological polar surface area (TPSA) is 37.6 Å². The molecule has 2 aliphatic heterocycles. The Kier molecular flexibility index (Phi) is 3.98. The number of piperazine rings is 1. The van der Waals surface area contributed by atoms with Crippen LogP contribution in [0.4, 0.5) is 0 Å². The van der Waals surface area contributed by atoms with Crippen LogP contribution in [0.3, 0.4) is 0 Å². The highest BCUT2D eigenvalue weighted by Gasteiger charge is 2.32. The van der Waals surface area contributed by atoms with Gasteiger partial charge in [-0.3, -0.25) is 4.90 Å². The molecule has 4 heteroatoms. The summed E-state index contributed by atoms with van der Waals surface area (Å²) >= 11 is 0. The van der Waals surface area contributed by atoms with E-state index in [1.165, 1.54) is 0 Å². The summed E-state index contributed by atoms with van der Waals surface area (Å²) < 4.78 is 11.2. The van der Waals surface area contributed by atoms with Crippen LogP contribution < -0.4 is 5.32 Å². The van der Waals surface area contributed by atoms with Gasteiger partial charge in [-0.15, -0.1) is 0 Å². The maximum atomic E-state index is 5.70. The van der Waals surface area contributed by atoms with Crippen molar-refractivity contribution in [1.29, 1.82) is 0 Å². The number of nitrogens with zero attached hydrogens (tertiary/aromatic N) is 1. The highest BCUT2D eigenvalue weighted by Crippen LogP contribution is 2.35. The standard InChI is InChI=1S/C14H22N2O2/c1-2-13(18-9-1)14(12-3-10-17-11-4-12)16-7-5-15-6-8-16/h1-2,9,12,14-15H,3-8,10-11H2/t14-/m0/s1. The van der Waals surface area contributed by atoms with Crippen molar-refractivity contribution in [3.63, 3.8) is 0 Å². The largest absolute Gasteiger partial charge is 0.468 e. The highest BCUT2D eigenvalue weighted by atomic mass is 16.5. The third-order valence-electron chi connectivity index (χ3n) is 4.09. The average molecular weight is 250 g/mol. The van der Waals surface area contributed by atoms with Gasteiger partial charge in [-0.25, -0.2) is 0 Å². The lowest BCUT2D eigenvalue weighted by Crippen LogP contribution is -2.47. The van der Waals surface area contributed by atoms with E-state index in [-0.39, 0.29) is 0 Å². The van der Waals surface area contributed by atoms with Crippen LogP contribution in [-0.4, -0.2) is 44.3 Å². The van der Waals surface area contributed by atoms with Crippen LogP contribution in [0.1, 0.15) is 24.6 Å². The molecule has 0 amide bonds. The summed E-state index contributed by atoms with van der Waals surface area (Å²) in [6.45, 7) is 6.19. The zero-order valence-electron chi connectivity index (χ0n) is 10.8. The molecule has 100 valence electrons. The molecule has 0 aliphatic carbocycles. The van der Waals surface area contributed by atoms with Gasteiger partial charge in [-0.2, -0.15) is 0 Å². The van der Waals surface area contributed by atoms with Gasteiger partial charge >= 0.3 is 0 Å². The fraction of sp³-hybridized carbons (Fsp3) is 0.714. The fourth-order valence-electron chi connectivity index (χ4n) is 3.16. The Morgan fingerprint density at radius 2 is 2.00 bits per heavy atom. The summed E-state index contributed by atoms with van der Waals surface area (Å²) in [7, 11) is 0. The number of furan rings is 1. The second-order valence-corrected chi connectivity index (χ2v) is 5.20. The molecule has 0 aromatic carbocycles. The van der Waals surface area contributed by atoms with Crippen molar-refractivity contribution < 1.29 is 9.15 Å². The molecular formula is C14H22N2O2. The molecule has 0 radical (unpaired) electrons. The molecule has 1 atom stereocenters. The molecule has 2 saturated heterocycles. The third kappa shape index (κ3) is 2.60. The summed E-state index contributed by atoms with van der Waals surface area (Å²) in [5, 5.41) is 3.42. The first kappa shape index (κ1) is 12.2. The molecule has 18 heavy (non-hydrogen) atoms. The lowest BCUT2D eigenvalue weighted by Gasteiger charge is -2.39. The van der Waals surface area contributed by atoms with Crippen molar-refractivity contribution in [3.8, 4) is 0 Å². The minimum atomic E-state index is 0.436. The molecule has 4 nitrogen and oxygen atoms in total. The van der Waals surface area contributed by atoms with Crippen molar-refractivity contribution in [3.05, 3.63) is 24.2 Å². The molecule has 3 rings (SSSR count). The lowest BCUT2D eigenvalue weighted by molar-refractivity contribution is 0.0148. The molecule has 0 unspecified atom stereocenters. The van der Waals surface area contributed by atoms with E-state index in [9.17, 15) is 0 Å². The van der Waals surface area contributed by atoms with Crippen molar-refractivity contribution in [2.24, 2.45) is 5.92 Å². The summed E-state index contributed by atoms with van der Waals surface area (Å²) in [4.78, 5) is 2.57. The third-order valence-corrected chi connectivity index (χ3v) is 4.09. The van der Waals surface area contributed by atoms with Gasteiger partial charge in [0.05, 0.1) is 12.3 Å². The van der Waals surface area contributed by atoms with Crippen molar-refractivity contribution in [1.82, 2.24) is 10.2 Å². The van der Waals surface area contributed by atoms with E-state index >= 15 is 0 Å². The zero-order valence-corrected chi connectivity index (χ0v) is 10.8. The molecule has 1 aromatic heterocycles. The van der Waals surface area contributed by atoms with E-state index in [0.717, 1.165) is 58.0 Å². The van der Waals surface area contributed by atoms with E-state index in [1.54, 1.807) is 6.26 Å². The van der Waals surface area contributed by atoms with Crippen LogP contribution in [0.2, 0.25) is 0 Å². The molecule has 0 spiro atoms. The number of ether oxygens (including phenoxy) is 1. The quantitative estimate of drug-likeness (QED) is 0.885. The predicted octanol–water partition coefficient (Wildman–Crippen LogP) is 1.65. The molecule has 3 heterocycles. The monoisotopic (exact) mass is 250 g/mol. The van der Waals surface area contributed by atoms with Gasteiger partial charge in [0.15, 0.2) is 0 Å². The van der Waals surface area contributed by atoms with E-state index in [4.69, 9.17) is 9.15 Å². The first-order chi connectivity index (χ1) is 8.95. The van der Waals surface area contributed by atoms with Crippen molar-refractivity contribution in [2.75, 3.05) is 39.4 Å². The summed E-state index contributed by atoms with van der Waals surface area (Å²) in [5.74, 6) is 1.80. The first-order valence-electron chi connectivity index (χ1n) is 7.01. The first-order valence-corrected chi connectivity index (χ1v) is 7.01. The highest BCUT2D eigenvalue weighted by molar-refractivity contribution is 5.07. The normalized spacial score (nSPS) is 25.1. The Bertz CT molecular complexity index is 323. The van der Waals surface area contributed by atoms with Crippen LogP contribution in [0, 0.1) is 5.92 Å². The zero-order chi connectivity index (χ0) is 12.2. The minimum absolute atomic E-state index is 0.436. The second-order valence-electron chi connectivity index (χ2n) is 5.20. The Morgan fingerprint density at radius 1 is 1.22 bits per heavy atom. The molecule has 2 fully saturated rings. The Balaban J connectivity index is 1.78. The lowest BCUT2D eigenvalue weighted by atomic mass is 9.88. The van der Waals surface area contributed by atoms with Crippen LogP contribution >= 0.6 is 0 Å². The van der Waals surface area contributed by atoms with Crippen molar-refractivity contribution in [2.45, 2.75) is 18.9 Å². The molecule has 2 aliphatic rings. The molecule has 0 bridgehead atoms. The van der Waals surface area contributed by atoms with Gasteiger partial charge in [-0.1, -0.05) is 0 Å². The minimum Gasteiger partial charge on any atom is -0.468 e. The van der Waals surface area contributed by atoms with Gasteiger partial charge in [-0.05, 0) is 30.9 Å². The van der Waals surface area contributed by atoms with E-state index in [0.29, 0.717) is 12.0 Å². The van der Waals surface area contributed by atoms with E-state index in [1.807, 2.05) is 6.07 Å². The average Bonchev–Trinajstić information content (AvgIpc) is 2.95. The Labute approximate surface area is 108 Å². The smallest absolute Gasteiger partial charge is 0.121 e. The Hall–Kier alpha value is -0.840. The maximum Gasteiger partial charge on any atom is 0.121 e. The number of nitrogens with one attached hydrogen (secondary N) is 1. The van der Waals surface area contributed by atoms with E-state index < -0.39 is 0 Å². The van der Waals surface area contributed by atoms with Gasteiger partial charge in [0.1, 0.15) is 5.76 Å². The summed E-state index contributed by atoms with van der Waals surface area (Å²) in [6, 6.07) is 4.57. The predicted molar refractivity (Wildman–Crippen MR) is 69.4 cm³/mol. The number of hydrogen-bond acceptors (Lipinski definition) is 4. The molecular weight excluding hydrogens is 228 g/mol. The van der Waals surface area contributed by atoms with Gasteiger partial charge in [0.2, 0.25) is 0 Å². The maximum absolute atomic E-state index is 5.70. The van der Waals surface area contributed by atoms with Gasteiger partial charge < -0.3 is 14.5 Å². The van der Waals surface area contributed by atoms with E-state index in [2.05, 4.69) is 16.3 Å². The molecule has 1 N–H and O–H groups in total. The molecule has 0 saturated carbocycles. The SMILES string of the molecule is c1coc([C@H](C2CCOCC2)N2CCNCC2)c1. The second kappa shape index (κ2) is 5.87. The molecule has 1 aromatic rings. The number of hydrogen-bond donors (Lipinski definition) is 1. The Morgan fingerprint density at radius 3 is 2.67 bits per heavy atom. The van der Waals surface area contributed by atoms with Gasteiger partial charge in [0, 0.05) is 39.4 Å².